The molecule has 2 unspecified atom stereocenters. The van der Waals surface area contributed by atoms with Crippen LogP contribution in [0.3, 0.4) is 0 Å². The van der Waals surface area contributed by atoms with Crippen LogP contribution in [0.5, 0.6) is 11.5 Å². The summed E-state index contributed by atoms with van der Waals surface area (Å²) in [5.41, 5.74) is 4.62. The van der Waals surface area contributed by atoms with Crippen LogP contribution in [0.2, 0.25) is 0 Å². The highest BCUT2D eigenvalue weighted by atomic mass is 16.5. The Morgan fingerprint density at radius 3 is 1.54 bits per heavy atom. The van der Waals surface area contributed by atoms with E-state index in [0.29, 0.717) is 0 Å². The Balaban J connectivity index is 0.000000151. The largest absolute Gasteiger partial charge is 0.497 e. The summed E-state index contributed by atoms with van der Waals surface area (Å²) in [5.74, 6) is 1.67. The molecular formula is C22H28O4. The summed E-state index contributed by atoms with van der Waals surface area (Å²) in [6.07, 6.45) is 5.49. The van der Waals surface area contributed by atoms with Crippen molar-refractivity contribution in [2.24, 2.45) is 0 Å². The normalized spacial score (nSPS) is 20.9. The second kappa shape index (κ2) is 8.56. The number of hydrogen-bond donors (Lipinski definition) is 2. The lowest BCUT2D eigenvalue weighted by molar-refractivity contribution is 0.156. The fraction of sp³-hybridized carbons (Fsp3) is 0.455. The number of aliphatic hydroxyl groups is 2. The molecule has 0 fully saturated rings. The van der Waals surface area contributed by atoms with Crippen molar-refractivity contribution in [2.75, 3.05) is 14.2 Å². The van der Waals surface area contributed by atoms with E-state index in [1.807, 2.05) is 24.3 Å². The third kappa shape index (κ3) is 4.19. The second-order valence-electron chi connectivity index (χ2n) is 6.95. The zero-order valence-electron chi connectivity index (χ0n) is 15.6. The van der Waals surface area contributed by atoms with E-state index < -0.39 is 0 Å². The van der Waals surface area contributed by atoms with Crippen molar-refractivity contribution in [3.63, 3.8) is 0 Å². The Hall–Kier alpha value is -2.04. The zero-order chi connectivity index (χ0) is 18.5. The van der Waals surface area contributed by atoms with Gasteiger partial charge in [0.25, 0.3) is 0 Å². The summed E-state index contributed by atoms with van der Waals surface area (Å²) >= 11 is 0. The van der Waals surface area contributed by atoms with Crippen molar-refractivity contribution in [3.8, 4) is 11.5 Å². The molecule has 2 aliphatic carbocycles. The minimum Gasteiger partial charge on any atom is -0.497 e. The number of aliphatic hydroxyl groups excluding tert-OH is 2. The predicted octanol–water partition coefficient (Wildman–Crippen LogP) is 4.13. The van der Waals surface area contributed by atoms with Gasteiger partial charge in [0.05, 0.1) is 26.4 Å². The Kier molecular flexibility index (Phi) is 6.17. The quantitative estimate of drug-likeness (QED) is 0.849. The molecule has 0 radical (unpaired) electrons. The van der Waals surface area contributed by atoms with Gasteiger partial charge in [-0.05, 0) is 85.0 Å². The average molecular weight is 356 g/mol. The molecule has 2 aromatic rings. The Morgan fingerprint density at radius 2 is 1.15 bits per heavy atom. The topological polar surface area (TPSA) is 58.9 Å². The Labute approximate surface area is 155 Å². The van der Waals surface area contributed by atoms with Crippen molar-refractivity contribution in [1.82, 2.24) is 0 Å². The molecule has 2 N–H and O–H groups in total. The number of methoxy groups -OCH3 is 2. The van der Waals surface area contributed by atoms with E-state index in [9.17, 15) is 10.2 Å². The average Bonchev–Trinajstić information content (AvgIpc) is 2.69. The smallest absolute Gasteiger partial charge is 0.119 e. The number of fused-ring (bicyclic) bond motifs is 2. The van der Waals surface area contributed by atoms with Gasteiger partial charge in [-0.25, -0.2) is 0 Å². The monoisotopic (exact) mass is 356 g/mol. The molecule has 4 nitrogen and oxygen atoms in total. The molecule has 0 amide bonds. The molecular weight excluding hydrogens is 328 g/mol. The van der Waals surface area contributed by atoms with Gasteiger partial charge in [-0.1, -0.05) is 12.1 Å². The van der Waals surface area contributed by atoms with Gasteiger partial charge in [0, 0.05) is 0 Å². The molecule has 0 heterocycles. The number of rotatable bonds is 2. The molecule has 0 aliphatic heterocycles. The molecule has 0 saturated heterocycles. The van der Waals surface area contributed by atoms with Crippen LogP contribution in [-0.2, 0) is 12.8 Å². The SMILES string of the molecule is COc1ccc2c(c1)C(O)CCC2.COc1ccc2c(c1)C(O)CCC2. The zero-order valence-corrected chi connectivity index (χ0v) is 15.6. The summed E-state index contributed by atoms with van der Waals surface area (Å²) in [4.78, 5) is 0. The van der Waals surface area contributed by atoms with Gasteiger partial charge in [-0.3, -0.25) is 0 Å². The molecule has 2 aromatic carbocycles. The van der Waals surface area contributed by atoms with Crippen molar-refractivity contribution < 1.29 is 19.7 Å². The van der Waals surface area contributed by atoms with Gasteiger partial charge in [-0.15, -0.1) is 0 Å². The van der Waals surface area contributed by atoms with Crippen LogP contribution in [0, 0.1) is 0 Å². The molecule has 0 spiro atoms. The van der Waals surface area contributed by atoms with Crippen molar-refractivity contribution >= 4 is 0 Å². The standard InChI is InChI=1S/2C11H14O2/c2*1-13-9-6-5-8-3-2-4-11(12)10(8)7-9/h2*5-7,11-12H,2-4H2,1H3. The molecule has 2 aliphatic rings. The van der Waals surface area contributed by atoms with Gasteiger partial charge in [0.1, 0.15) is 11.5 Å². The second-order valence-corrected chi connectivity index (χ2v) is 6.95. The minimum atomic E-state index is -0.293. The van der Waals surface area contributed by atoms with E-state index in [4.69, 9.17) is 9.47 Å². The fourth-order valence-electron chi connectivity index (χ4n) is 3.76. The molecule has 0 saturated carbocycles. The lowest BCUT2D eigenvalue weighted by atomic mass is 9.89. The highest BCUT2D eigenvalue weighted by Gasteiger charge is 2.18. The Morgan fingerprint density at radius 1 is 0.731 bits per heavy atom. The van der Waals surface area contributed by atoms with E-state index >= 15 is 0 Å². The van der Waals surface area contributed by atoms with Crippen molar-refractivity contribution in [1.29, 1.82) is 0 Å². The fourth-order valence-corrected chi connectivity index (χ4v) is 3.76. The first kappa shape index (κ1) is 18.7. The molecule has 140 valence electrons. The minimum absolute atomic E-state index is 0.293. The van der Waals surface area contributed by atoms with Crippen molar-refractivity contribution in [2.45, 2.75) is 50.7 Å². The molecule has 0 aromatic heterocycles. The number of hydrogen-bond acceptors (Lipinski definition) is 4. The highest BCUT2D eigenvalue weighted by molar-refractivity contribution is 5.39. The lowest BCUT2D eigenvalue weighted by Crippen LogP contribution is -2.08. The summed E-state index contributed by atoms with van der Waals surface area (Å²) in [6.45, 7) is 0. The first-order chi connectivity index (χ1) is 12.6. The highest BCUT2D eigenvalue weighted by Crippen LogP contribution is 2.32. The van der Waals surface area contributed by atoms with E-state index in [-0.39, 0.29) is 12.2 Å². The van der Waals surface area contributed by atoms with E-state index in [2.05, 4.69) is 12.1 Å². The number of ether oxygens (including phenoxy) is 2. The summed E-state index contributed by atoms with van der Waals surface area (Å²) < 4.78 is 10.2. The van der Waals surface area contributed by atoms with Crippen LogP contribution >= 0.6 is 0 Å². The van der Waals surface area contributed by atoms with Crippen LogP contribution in [0.4, 0.5) is 0 Å². The van der Waals surface area contributed by atoms with E-state index in [1.54, 1.807) is 14.2 Å². The molecule has 4 heteroatoms. The van der Waals surface area contributed by atoms with Crippen LogP contribution in [0.25, 0.3) is 0 Å². The number of benzene rings is 2. The van der Waals surface area contributed by atoms with Crippen LogP contribution < -0.4 is 9.47 Å². The third-order valence-electron chi connectivity index (χ3n) is 5.27. The van der Waals surface area contributed by atoms with Gasteiger partial charge < -0.3 is 19.7 Å². The Bertz CT molecular complexity index is 677. The van der Waals surface area contributed by atoms with Crippen LogP contribution in [-0.4, -0.2) is 24.4 Å². The molecule has 4 rings (SSSR count). The summed E-state index contributed by atoms with van der Waals surface area (Å²) in [5, 5.41) is 19.5. The maximum Gasteiger partial charge on any atom is 0.119 e. The molecule has 26 heavy (non-hydrogen) atoms. The van der Waals surface area contributed by atoms with Crippen LogP contribution in [0.15, 0.2) is 36.4 Å². The molecule has 2 atom stereocenters. The maximum absolute atomic E-state index is 9.73. The first-order valence-electron chi connectivity index (χ1n) is 9.32. The third-order valence-corrected chi connectivity index (χ3v) is 5.27. The maximum atomic E-state index is 9.73. The number of aryl methyl sites for hydroxylation is 2. The van der Waals surface area contributed by atoms with Gasteiger partial charge in [-0.2, -0.15) is 0 Å². The van der Waals surface area contributed by atoms with Crippen LogP contribution in [0.1, 0.15) is 60.1 Å². The van der Waals surface area contributed by atoms with Gasteiger partial charge in [0.15, 0.2) is 0 Å². The van der Waals surface area contributed by atoms with Crippen molar-refractivity contribution in [3.05, 3.63) is 58.7 Å². The molecule has 0 bridgehead atoms. The summed E-state index contributed by atoms with van der Waals surface area (Å²) in [6, 6.07) is 11.9. The van der Waals surface area contributed by atoms with Gasteiger partial charge in [0.2, 0.25) is 0 Å². The first-order valence-corrected chi connectivity index (χ1v) is 9.32. The van der Waals surface area contributed by atoms with E-state index in [1.165, 1.54) is 11.1 Å². The summed E-state index contributed by atoms with van der Waals surface area (Å²) in [7, 11) is 3.30. The van der Waals surface area contributed by atoms with E-state index in [0.717, 1.165) is 61.2 Å². The lowest BCUT2D eigenvalue weighted by Gasteiger charge is -2.21. The predicted molar refractivity (Wildman–Crippen MR) is 102 cm³/mol. The van der Waals surface area contributed by atoms with Gasteiger partial charge >= 0.3 is 0 Å².